The van der Waals surface area contributed by atoms with E-state index in [1.165, 1.54) is 20.8 Å². The van der Waals surface area contributed by atoms with Gasteiger partial charge in [0, 0.05) is 27.2 Å². The summed E-state index contributed by atoms with van der Waals surface area (Å²) in [5, 5.41) is 0. The standard InChI is InChI=1S/C14H20O7/c1-7(15)18-12-6-11(21-14(12)20-9(3)17)13(10-4-5-10)19-8(2)16/h10-14H,4-6H2,1-3H3/t11-,12+,13?,14?/m0/s1. The van der Waals surface area contributed by atoms with Gasteiger partial charge < -0.3 is 18.9 Å². The van der Waals surface area contributed by atoms with Crippen LogP contribution >= 0.6 is 0 Å². The van der Waals surface area contributed by atoms with Gasteiger partial charge in [0.15, 0.2) is 6.10 Å². The lowest BCUT2D eigenvalue weighted by Gasteiger charge is -2.22. The van der Waals surface area contributed by atoms with Crippen LogP contribution in [0.4, 0.5) is 0 Å². The average molecular weight is 300 g/mol. The first-order valence-corrected chi connectivity index (χ1v) is 7.04. The zero-order valence-corrected chi connectivity index (χ0v) is 12.4. The maximum Gasteiger partial charge on any atom is 0.305 e. The number of hydrogen-bond donors (Lipinski definition) is 0. The molecular formula is C14H20O7. The normalized spacial score (nSPS) is 29.6. The van der Waals surface area contributed by atoms with E-state index in [1.54, 1.807) is 0 Å². The Kier molecular flexibility index (Phi) is 4.82. The Balaban J connectivity index is 2.04. The van der Waals surface area contributed by atoms with Gasteiger partial charge >= 0.3 is 17.9 Å². The molecule has 0 spiro atoms. The Morgan fingerprint density at radius 1 is 1.00 bits per heavy atom. The van der Waals surface area contributed by atoms with Crippen LogP contribution in [0.25, 0.3) is 0 Å². The van der Waals surface area contributed by atoms with E-state index in [0.29, 0.717) is 6.42 Å². The van der Waals surface area contributed by atoms with Crippen molar-refractivity contribution in [1.29, 1.82) is 0 Å². The summed E-state index contributed by atoms with van der Waals surface area (Å²) in [6.45, 7) is 3.88. The molecule has 1 aliphatic heterocycles. The minimum absolute atomic E-state index is 0.257. The lowest BCUT2D eigenvalue weighted by molar-refractivity contribution is -0.202. The van der Waals surface area contributed by atoms with Crippen LogP contribution < -0.4 is 0 Å². The number of rotatable bonds is 5. The van der Waals surface area contributed by atoms with Crippen LogP contribution in [0, 0.1) is 5.92 Å². The number of hydrogen-bond acceptors (Lipinski definition) is 7. The number of carbonyl (C=O) groups excluding carboxylic acids is 3. The first kappa shape index (κ1) is 15.8. The maximum atomic E-state index is 11.2. The number of ether oxygens (including phenoxy) is 4. The van der Waals surface area contributed by atoms with Crippen molar-refractivity contribution in [2.45, 2.75) is 64.6 Å². The van der Waals surface area contributed by atoms with Crippen molar-refractivity contribution in [3.8, 4) is 0 Å². The minimum Gasteiger partial charge on any atom is -0.459 e. The van der Waals surface area contributed by atoms with Crippen molar-refractivity contribution in [3.63, 3.8) is 0 Å². The second kappa shape index (κ2) is 6.43. The Morgan fingerprint density at radius 3 is 2.10 bits per heavy atom. The molecule has 1 heterocycles. The maximum absolute atomic E-state index is 11.2. The minimum atomic E-state index is -0.951. The zero-order valence-electron chi connectivity index (χ0n) is 12.4. The van der Waals surface area contributed by atoms with Crippen molar-refractivity contribution in [2.75, 3.05) is 0 Å². The first-order valence-electron chi connectivity index (χ1n) is 7.04. The summed E-state index contributed by atoms with van der Waals surface area (Å²) in [6, 6.07) is 0. The third-order valence-electron chi connectivity index (χ3n) is 3.43. The molecule has 1 aliphatic carbocycles. The summed E-state index contributed by atoms with van der Waals surface area (Å²) in [5.41, 5.74) is 0. The molecule has 0 aromatic heterocycles. The Labute approximate surface area is 122 Å². The largest absolute Gasteiger partial charge is 0.459 e. The molecule has 7 nitrogen and oxygen atoms in total. The zero-order chi connectivity index (χ0) is 15.6. The fourth-order valence-electron chi connectivity index (χ4n) is 2.54. The summed E-state index contributed by atoms with van der Waals surface area (Å²) in [5.74, 6) is -1.12. The van der Waals surface area contributed by atoms with Gasteiger partial charge in [-0.05, 0) is 18.8 Å². The molecule has 1 saturated heterocycles. The Bertz CT molecular complexity index is 405. The van der Waals surface area contributed by atoms with E-state index < -0.39 is 30.4 Å². The highest BCUT2D eigenvalue weighted by Crippen LogP contribution is 2.40. The smallest absolute Gasteiger partial charge is 0.305 e. The molecule has 1 saturated carbocycles. The van der Waals surface area contributed by atoms with Gasteiger partial charge in [-0.25, -0.2) is 0 Å². The highest BCUT2D eigenvalue weighted by molar-refractivity contribution is 5.67. The third kappa shape index (κ3) is 4.42. The molecule has 0 aromatic carbocycles. The van der Waals surface area contributed by atoms with Gasteiger partial charge in [0.2, 0.25) is 6.29 Å². The van der Waals surface area contributed by atoms with E-state index in [2.05, 4.69) is 0 Å². The van der Waals surface area contributed by atoms with E-state index >= 15 is 0 Å². The van der Waals surface area contributed by atoms with Crippen LogP contribution in [-0.4, -0.2) is 42.5 Å². The highest BCUT2D eigenvalue weighted by Gasteiger charge is 2.48. The van der Waals surface area contributed by atoms with Gasteiger partial charge in [0.05, 0.1) is 0 Å². The summed E-state index contributed by atoms with van der Waals surface area (Å²) in [7, 11) is 0. The van der Waals surface area contributed by atoms with Gasteiger partial charge in [-0.3, -0.25) is 14.4 Å². The number of esters is 3. The summed E-state index contributed by atoms with van der Waals surface area (Å²) in [6.07, 6.45) is -0.174. The van der Waals surface area contributed by atoms with Crippen molar-refractivity contribution < 1.29 is 33.3 Å². The predicted molar refractivity (Wildman–Crippen MR) is 68.9 cm³/mol. The summed E-state index contributed by atoms with van der Waals surface area (Å²) >= 11 is 0. The van der Waals surface area contributed by atoms with Gasteiger partial charge in [0.1, 0.15) is 12.2 Å². The fraction of sp³-hybridized carbons (Fsp3) is 0.786. The van der Waals surface area contributed by atoms with Crippen LogP contribution in [0.2, 0.25) is 0 Å². The van der Waals surface area contributed by atoms with Gasteiger partial charge in [-0.2, -0.15) is 0 Å². The lowest BCUT2D eigenvalue weighted by atomic mass is 10.1. The molecule has 4 atom stereocenters. The van der Waals surface area contributed by atoms with E-state index in [1.807, 2.05) is 0 Å². The fourth-order valence-corrected chi connectivity index (χ4v) is 2.54. The lowest BCUT2D eigenvalue weighted by Crippen LogP contribution is -2.33. The molecule has 0 bridgehead atoms. The molecular weight excluding hydrogens is 280 g/mol. The van der Waals surface area contributed by atoms with Crippen LogP contribution in [0.5, 0.6) is 0 Å². The van der Waals surface area contributed by atoms with E-state index in [9.17, 15) is 14.4 Å². The van der Waals surface area contributed by atoms with E-state index in [-0.39, 0.29) is 18.0 Å². The molecule has 0 aromatic rings. The van der Waals surface area contributed by atoms with Crippen molar-refractivity contribution in [1.82, 2.24) is 0 Å². The monoisotopic (exact) mass is 300 g/mol. The highest BCUT2D eigenvalue weighted by atomic mass is 16.7. The van der Waals surface area contributed by atoms with Crippen molar-refractivity contribution in [3.05, 3.63) is 0 Å². The van der Waals surface area contributed by atoms with Crippen LogP contribution in [-0.2, 0) is 33.3 Å². The van der Waals surface area contributed by atoms with Crippen LogP contribution in [0.3, 0.4) is 0 Å². The van der Waals surface area contributed by atoms with E-state index in [0.717, 1.165) is 12.8 Å². The molecule has 21 heavy (non-hydrogen) atoms. The summed E-state index contributed by atoms with van der Waals surface area (Å²) < 4.78 is 21.1. The predicted octanol–water partition coefficient (Wildman–Crippen LogP) is 0.938. The molecule has 0 radical (unpaired) electrons. The van der Waals surface area contributed by atoms with Crippen LogP contribution in [0.1, 0.15) is 40.0 Å². The van der Waals surface area contributed by atoms with Gasteiger partial charge in [-0.1, -0.05) is 0 Å². The SMILES string of the molecule is CC(=O)OC(C1CC1)[C@@H]1C[C@@H](OC(C)=O)C(OC(C)=O)O1. The second-order valence-corrected chi connectivity index (χ2v) is 5.45. The van der Waals surface area contributed by atoms with E-state index in [4.69, 9.17) is 18.9 Å². The van der Waals surface area contributed by atoms with Gasteiger partial charge in [0.25, 0.3) is 0 Å². The second-order valence-electron chi connectivity index (χ2n) is 5.45. The summed E-state index contributed by atoms with van der Waals surface area (Å²) in [4.78, 5) is 33.4. The Morgan fingerprint density at radius 2 is 1.62 bits per heavy atom. The van der Waals surface area contributed by atoms with Crippen LogP contribution in [0.15, 0.2) is 0 Å². The Hall–Kier alpha value is -1.63. The third-order valence-corrected chi connectivity index (χ3v) is 3.43. The molecule has 2 rings (SSSR count). The van der Waals surface area contributed by atoms with Gasteiger partial charge in [-0.15, -0.1) is 0 Å². The topological polar surface area (TPSA) is 88.1 Å². The molecule has 2 fully saturated rings. The molecule has 2 aliphatic rings. The molecule has 118 valence electrons. The first-order chi connectivity index (χ1) is 9.86. The molecule has 2 unspecified atom stereocenters. The average Bonchev–Trinajstić information content (AvgIpc) is 3.10. The molecule has 0 N–H and O–H groups in total. The number of carbonyl (C=O) groups is 3. The van der Waals surface area contributed by atoms with Crippen molar-refractivity contribution in [2.24, 2.45) is 5.92 Å². The van der Waals surface area contributed by atoms with Crippen molar-refractivity contribution >= 4 is 17.9 Å². The quantitative estimate of drug-likeness (QED) is 0.551. The molecule has 0 amide bonds. The molecule has 7 heteroatoms.